The number of anilines is 1. The number of nitrogens with two attached hydrogens (primary N) is 1. The van der Waals surface area contributed by atoms with Crippen molar-refractivity contribution in [2.75, 3.05) is 5.73 Å². The molecule has 0 unspecified atom stereocenters. The molecule has 2 aromatic rings. The predicted octanol–water partition coefficient (Wildman–Crippen LogP) is 2.85. The molecule has 0 atom stereocenters. The summed E-state index contributed by atoms with van der Waals surface area (Å²) in [5.74, 6) is -0.0197. The number of hydrogen-bond donors (Lipinski definition) is 1. The summed E-state index contributed by atoms with van der Waals surface area (Å²) >= 11 is 3.31. The highest BCUT2D eigenvalue weighted by Crippen LogP contribution is 2.19. The third kappa shape index (κ3) is 2.91. The van der Waals surface area contributed by atoms with Crippen LogP contribution in [0.1, 0.15) is 16.1 Å². The van der Waals surface area contributed by atoms with Gasteiger partial charge in [-0.2, -0.15) is 0 Å². The summed E-state index contributed by atoms with van der Waals surface area (Å²) in [6.45, 7) is 0. The van der Waals surface area contributed by atoms with Crippen LogP contribution in [0, 0.1) is 0 Å². The molecule has 4 heteroatoms. The van der Waals surface area contributed by atoms with E-state index >= 15 is 0 Å². The summed E-state index contributed by atoms with van der Waals surface area (Å²) < 4.78 is 0.865. The molecule has 0 saturated heterocycles. The molecule has 0 spiro atoms. The van der Waals surface area contributed by atoms with Crippen LogP contribution in [0.3, 0.4) is 0 Å². The molecule has 1 aromatic carbocycles. The van der Waals surface area contributed by atoms with Crippen LogP contribution in [0.2, 0.25) is 0 Å². The van der Waals surface area contributed by atoms with Gasteiger partial charge in [-0.05, 0) is 30.3 Å². The fourth-order valence-electron chi connectivity index (χ4n) is 1.55. The molecule has 2 rings (SSSR count). The molecule has 0 aliphatic rings. The fraction of sp³-hybridized carbons (Fsp3) is 0.0769. The van der Waals surface area contributed by atoms with E-state index in [1.807, 2.05) is 24.3 Å². The van der Waals surface area contributed by atoms with E-state index in [0.29, 0.717) is 11.3 Å². The lowest BCUT2D eigenvalue weighted by Gasteiger charge is -2.05. The summed E-state index contributed by atoms with van der Waals surface area (Å²) in [6.07, 6.45) is 1.94. The third-order valence-corrected chi connectivity index (χ3v) is 2.88. The number of nitrogens with zero attached hydrogens (tertiary/aromatic N) is 1. The van der Waals surface area contributed by atoms with E-state index < -0.39 is 0 Å². The molecular weight excluding hydrogens is 280 g/mol. The van der Waals surface area contributed by atoms with E-state index in [0.717, 1.165) is 10.2 Å². The van der Waals surface area contributed by atoms with Crippen molar-refractivity contribution in [1.29, 1.82) is 0 Å². The van der Waals surface area contributed by atoms with Gasteiger partial charge in [0.15, 0.2) is 5.78 Å². The maximum absolute atomic E-state index is 12.0. The topological polar surface area (TPSA) is 56.0 Å². The number of hydrogen-bond acceptors (Lipinski definition) is 3. The lowest BCUT2D eigenvalue weighted by molar-refractivity contribution is 0.0993. The number of ketones is 1. The number of pyridine rings is 1. The molecule has 0 radical (unpaired) electrons. The molecule has 17 heavy (non-hydrogen) atoms. The number of halogens is 1. The zero-order valence-corrected chi connectivity index (χ0v) is 10.6. The Morgan fingerprint density at radius 1 is 1.29 bits per heavy atom. The Balaban J connectivity index is 2.21. The Hall–Kier alpha value is -1.68. The van der Waals surface area contributed by atoms with Gasteiger partial charge in [-0.25, -0.2) is 0 Å². The van der Waals surface area contributed by atoms with Gasteiger partial charge >= 0.3 is 0 Å². The molecule has 0 fully saturated rings. The molecule has 0 aliphatic carbocycles. The van der Waals surface area contributed by atoms with Gasteiger partial charge < -0.3 is 5.73 Å². The molecule has 0 amide bonds. The van der Waals surface area contributed by atoms with Crippen LogP contribution in [0.15, 0.2) is 47.1 Å². The van der Waals surface area contributed by atoms with E-state index in [2.05, 4.69) is 20.9 Å². The highest BCUT2D eigenvalue weighted by Gasteiger charge is 2.11. The minimum absolute atomic E-state index is 0.0197. The summed E-state index contributed by atoms with van der Waals surface area (Å²) in [7, 11) is 0. The van der Waals surface area contributed by atoms with E-state index in [1.165, 1.54) is 0 Å². The third-order valence-electron chi connectivity index (χ3n) is 2.38. The lowest BCUT2D eigenvalue weighted by Crippen LogP contribution is -2.07. The summed E-state index contributed by atoms with van der Waals surface area (Å²) in [6, 6.07) is 10.8. The molecule has 86 valence electrons. The molecular formula is C13H11BrN2O. The van der Waals surface area contributed by atoms with Gasteiger partial charge in [-0.3, -0.25) is 9.78 Å². The monoisotopic (exact) mass is 290 g/mol. The van der Waals surface area contributed by atoms with Crippen molar-refractivity contribution >= 4 is 27.4 Å². The number of aromatic nitrogens is 1. The van der Waals surface area contributed by atoms with Crippen LogP contribution in [0.25, 0.3) is 0 Å². The van der Waals surface area contributed by atoms with Crippen LogP contribution >= 0.6 is 15.9 Å². The molecule has 2 N–H and O–H groups in total. The lowest BCUT2D eigenvalue weighted by atomic mass is 10.0. The Kier molecular flexibility index (Phi) is 3.54. The summed E-state index contributed by atoms with van der Waals surface area (Å²) in [5.41, 5.74) is 7.58. The second kappa shape index (κ2) is 5.10. The van der Waals surface area contributed by atoms with Crippen LogP contribution in [-0.4, -0.2) is 10.8 Å². The number of nitrogen functional groups attached to an aromatic ring is 1. The van der Waals surface area contributed by atoms with Crippen molar-refractivity contribution in [3.05, 3.63) is 58.3 Å². The first-order chi connectivity index (χ1) is 8.16. The highest BCUT2D eigenvalue weighted by atomic mass is 79.9. The number of Topliss-reactive ketones (excluding diaryl/α,β-unsaturated/α-hetero) is 1. The first kappa shape index (κ1) is 11.8. The normalized spacial score (nSPS) is 10.2. The van der Waals surface area contributed by atoms with Crippen molar-refractivity contribution in [1.82, 2.24) is 4.98 Å². The van der Waals surface area contributed by atoms with Crippen molar-refractivity contribution in [3.63, 3.8) is 0 Å². The Morgan fingerprint density at radius 3 is 2.76 bits per heavy atom. The number of carbonyl (C=O) groups is 1. The van der Waals surface area contributed by atoms with Crippen LogP contribution in [-0.2, 0) is 6.42 Å². The quantitative estimate of drug-likeness (QED) is 0.699. The maximum atomic E-state index is 12.0. The van der Waals surface area contributed by atoms with E-state index in [-0.39, 0.29) is 12.2 Å². The second-order valence-electron chi connectivity index (χ2n) is 3.65. The largest absolute Gasteiger partial charge is 0.398 e. The Labute approximate surface area is 108 Å². The molecule has 1 heterocycles. The fourth-order valence-corrected chi connectivity index (χ4v) is 1.93. The van der Waals surface area contributed by atoms with Crippen LogP contribution < -0.4 is 5.73 Å². The van der Waals surface area contributed by atoms with Crippen molar-refractivity contribution in [2.45, 2.75) is 6.42 Å². The Morgan fingerprint density at radius 2 is 2.12 bits per heavy atom. The van der Waals surface area contributed by atoms with Gasteiger partial charge in [0.25, 0.3) is 0 Å². The Bertz CT molecular complexity index is 540. The first-order valence-electron chi connectivity index (χ1n) is 5.15. The van der Waals surface area contributed by atoms with Gasteiger partial charge in [0, 0.05) is 27.6 Å². The van der Waals surface area contributed by atoms with E-state index in [9.17, 15) is 4.79 Å². The summed E-state index contributed by atoms with van der Waals surface area (Å²) in [4.78, 5) is 16.1. The number of rotatable bonds is 3. The number of benzene rings is 1. The SMILES string of the molecule is Nc1cc(Br)ccc1C(=O)Cc1ccccn1. The van der Waals surface area contributed by atoms with Crippen LogP contribution in [0.4, 0.5) is 5.69 Å². The average molecular weight is 291 g/mol. The van der Waals surface area contributed by atoms with Crippen molar-refractivity contribution in [3.8, 4) is 0 Å². The van der Waals surface area contributed by atoms with Gasteiger partial charge in [0.1, 0.15) is 0 Å². The predicted molar refractivity (Wildman–Crippen MR) is 70.8 cm³/mol. The molecule has 3 nitrogen and oxygen atoms in total. The zero-order chi connectivity index (χ0) is 12.3. The second-order valence-corrected chi connectivity index (χ2v) is 4.57. The molecule has 0 aliphatic heterocycles. The van der Waals surface area contributed by atoms with Gasteiger partial charge in [0.05, 0.1) is 6.42 Å². The molecule has 0 bridgehead atoms. The van der Waals surface area contributed by atoms with Gasteiger partial charge in [-0.15, -0.1) is 0 Å². The van der Waals surface area contributed by atoms with Crippen molar-refractivity contribution < 1.29 is 4.79 Å². The zero-order valence-electron chi connectivity index (χ0n) is 9.06. The van der Waals surface area contributed by atoms with Gasteiger partial charge in [0.2, 0.25) is 0 Å². The minimum atomic E-state index is -0.0197. The van der Waals surface area contributed by atoms with Crippen LogP contribution in [0.5, 0.6) is 0 Å². The molecule has 1 aromatic heterocycles. The maximum Gasteiger partial charge on any atom is 0.170 e. The smallest absolute Gasteiger partial charge is 0.170 e. The summed E-state index contributed by atoms with van der Waals surface area (Å²) in [5, 5.41) is 0. The molecule has 0 saturated carbocycles. The van der Waals surface area contributed by atoms with E-state index in [1.54, 1.807) is 18.3 Å². The highest BCUT2D eigenvalue weighted by molar-refractivity contribution is 9.10. The number of carbonyl (C=O) groups excluding carboxylic acids is 1. The standard InChI is InChI=1S/C13H11BrN2O/c14-9-4-5-11(12(15)7-9)13(17)8-10-3-1-2-6-16-10/h1-7H,8,15H2. The minimum Gasteiger partial charge on any atom is -0.398 e. The van der Waals surface area contributed by atoms with Gasteiger partial charge in [-0.1, -0.05) is 22.0 Å². The van der Waals surface area contributed by atoms with Crippen molar-refractivity contribution in [2.24, 2.45) is 0 Å². The first-order valence-corrected chi connectivity index (χ1v) is 5.94. The average Bonchev–Trinajstić information content (AvgIpc) is 2.30. The van der Waals surface area contributed by atoms with E-state index in [4.69, 9.17) is 5.73 Å².